The fraction of sp³-hybridized carbons (Fsp3) is 0. The minimum absolute atomic E-state index is 0.134. The van der Waals surface area contributed by atoms with E-state index >= 15 is 0 Å². The van der Waals surface area contributed by atoms with Gasteiger partial charge in [0.1, 0.15) is 5.15 Å². The highest BCUT2D eigenvalue weighted by Gasteiger charge is 2.18. The van der Waals surface area contributed by atoms with Crippen LogP contribution in [0.4, 0.5) is 5.69 Å². The van der Waals surface area contributed by atoms with Crippen molar-refractivity contribution in [1.29, 1.82) is 0 Å². The van der Waals surface area contributed by atoms with Crippen LogP contribution in [0.25, 0.3) is 0 Å². The monoisotopic (exact) mass is 334 g/mol. The Balaban J connectivity index is 2.45. The number of pyridine rings is 1. The molecule has 4 nitrogen and oxygen atoms in total. The van der Waals surface area contributed by atoms with E-state index in [1.54, 1.807) is 18.2 Å². The molecule has 0 fully saturated rings. The van der Waals surface area contributed by atoms with Crippen molar-refractivity contribution >= 4 is 52.3 Å². The standard InChI is InChI=1S/C11H5Cl3N2O2S/c12-6-1-2-7(13)9(5-6)19-11-8(16(17)18)3-4-10(14)15-11/h1-5H. The number of rotatable bonds is 3. The zero-order valence-electron chi connectivity index (χ0n) is 9.14. The van der Waals surface area contributed by atoms with E-state index in [-0.39, 0.29) is 15.9 Å². The third kappa shape index (κ3) is 3.51. The van der Waals surface area contributed by atoms with Crippen molar-refractivity contribution in [1.82, 2.24) is 4.98 Å². The quantitative estimate of drug-likeness (QED) is 0.445. The molecule has 2 aromatic rings. The molecule has 0 unspecified atom stereocenters. The van der Waals surface area contributed by atoms with Gasteiger partial charge < -0.3 is 0 Å². The molecule has 8 heteroatoms. The summed E-state index contributed by atoms with van der Waals surface area (Å²) in [6.45, 7) is 0. The lowest BCUT2D eigenvalue weighted by Crippen LogP contribution is -1.93. The molecule has 0 radical (unpaired) electrons. The number of hydrogen-bond donors (Lipinski definition) is 0. The number of halogens is 3. The zero-order chi connectivity index (χ0) is 14.0. The van der Waals surface area contributed by atoms with Crippen molar-refractivity contribution in [2.45, 2.75) is 9.92 Å². The molecule has 1 aromatic heterocycles. The predicted molar refractivity (Wildman–Crippen MR) is 76.5 cm³/mol. The number of hydrogen-bond acceptors (Lipinski definition) is 4. The van der Waals surface area contributed by atoms with E-state index in [1.807, 2.05) is 0 Å². The molecule has 0 saturated carbocycles. The Morgan fingerprint density at radius 3 is 2.58 bits per heavy atom. The van der Waals surface area contributed by atoms with Crippen LogP contribution >= 0.6 is 46.6 Å². The fourth-order valence-corrected chi connectivity index (χ4v) is 2.90. The molecular weight excluding hydrogens is 331 g/mol. The van der Waals surface area contributed by atoms with Gasteiger partial charge in [-0.2, -0.15) is 0 Å². The summed E-state index contributed by atoms with van der Waals surface area (Å²) in [6, 6.07) is 7.52. The molecule has 0 N–H and O–H groups in total. The van der Waals surface area contributed by atoms with E-state index in [4.69, 9.17) is 34.8 Å². The lowest BCUT2D eigenvalue weighted by Gasteiger charge is -2.05. The Bertz CT molecular complexity index is 652. The Morgan fingerprint density at radius 1 is 1.16 bits per heavy atom. The van der Waals surface area contributed by atoms with Gasteiger partial charge in [-0.15, -0.1) is 0 Å². The average molecular weight is 336 g/mol. The minimum atomic E-state index is -0.524. The van der Waals surface area contributed by atoms with Crippen LogP contribution in [0.15, 0.2) is 40.3 Å². The van der Waals surface area contributed by atoms with Gasteiger partial charge >= 0.3 is 5.69 Å². The van der Waals surface area contributed by atoms with Gasteiger partial charge in [-0.05, 0) is 24.3 Å². The topological polar surface area (TPSA) is 56.0 Å². The summed E-state index contributed by atoms with van der Waals surface area (Å²) in [4.78, 5) is 14.9. The molecule has 0 amide bonds. The van der Waals surface area contributed by atoms with Gasteiger partial charge in [-0.1, -0.05) is 46.6 Å². The van der Waals surface area contributed by atoms with Gasteiger partial charge in [-0.25, -0.2) is 4.98 Å². The molecule has 0 bridgehead atoms. The normalized spacial score (nSPS) is 10.5. The summed E-state index contributed by atoms with van der Waals surface area (Å²) in [5.41, 5.74) is -0.134. The van der Waals surface area contributed by atoms with Crippen LogP contribution in [0, 0.1) is 10.1 Å². The van der Waals surface area contributed by atoms with Crippen molar-refractivity contribution in [2.24, 2.45) is 0 Å². The summed E-state index contributed by atoms with van der Waals surface area (Å²) in [6.07, 6.45) is 0. The zero-order valence-corrected chi connectivity index (χ0v) is 12.2. The number of nitrogens with zero attached hydrogens (tertiary/aromatic N) is 2. The second-order valence-corrected chi connectivity index (χ2v) is 5.65. The highest BCUT2D eigenvalue weighted by molar-refractivity contribution is 7.99. The second-order valence-electron chi connectivity index (χ2n) is 3.39. The molecule has 19 heavy (non-hydrogen) atoms. The molecule has 0 aliphatic carbocycles. The molecule has 0 saturated heterocycles. The maximum atomic E-state index is 10.9. The first-order valence-corrected chi connectivity index (χ1v) is 6.86. The third-order valence-corrected chi connectivity index (χ3v) is 4.04. The van der Waals surface area contributed by atoms with Gasteiger partial charge in [0.15, 0.2) is 5.03 Å². The van der Waals surface area contributed by atoms with Crippen molar-refractivity contribution in [2.75, 3.05) is 0 Å². The maximum Gasteiger partial charge on any atom is 0.301 e. The van der Waals surface area contributed by atoms with Gasteiger partial charge in [0.25, 0.3) is 0 Å². The molecule has 0 atom stereocenters. The minimum Gasteiger partial charge on any atom is -0.258 e. The first-order chi connectivity index (χ1) is 8.97. The van der Waals surface area contributed by atoms with Gasteiger partial charge in [-0.3, -0.25) is 10.1 Å². The molecule has 1 heterocycles. The highest BCUT2D eigenvalue weighted by Crippen LogP contribution is 2.38. The summed E-state index contributed by atoms with van der Waals surface area (Å²) in [5.74, 6) is 0. The SMILES string of the molecule is O=[N+]([O-])c1ccc(Cl)nc1Sc1cc(Cl)ccc1Cl. The summed E-state index contributed by atoms with van der Waals surface area (Å²) in [7, 11) is 0. The van der Waals surface area contributed by atoms with E-state index in [0.717, 1.165) is 11.8 Å². The van der Waals surface area contributed by atoms with Crippen LogP contribution in [0.5, 0.6) is 0 Å². The van der Waals surface area contributed by atoms with Crippen molar-refractivity contribution in [3.05, 3.63) is 55.6 Å². The van der Waals surface area contributed by atoms with Crippen LogP contribution in [-0.4, -0.2) is 9.91 Å². The highest BCUT2D eigenvalue weighted by atomic mass is 35.5. The number of benzene rings is 1. The Kier molecular flexibility index (Phi) is 4.52. The van der Waals surface area contributed by atoms with Crippen LogP contribution in [0.2, 0.25) is 15.2 Å². The fourth-order valence-electron chi connectivity index (χ4n) is 1.28. The van der Waals surface area contributed by atoms with Crippen LogP contribution in [-0.2, 0) is 0 Å². The van der Waals surface area contributed by atoms with Crippen molar-refractivity contribution in [3.8, 4) is 0 Å². The Hall–Kier alpha value is -1.01. The van der Waals surface area contributed by atoms with E-state index in [9.17, 15) is 10.1 Å². The molecule has 1 aromatic carbocycles. The van der Waals surface area contributed by atoms with Gasteiger partial charge in [0, 0.05) is 16.0 Å². The predicted octanol–water partition coefficient (Wildman–Crippen LogP) is 5.10. The van der Waals surface area contributed by atoms with E-state index in [0.29, 0.717) is 14.9 Å². The van der Waals surface area contributed by atoms with Crippen LogP contribution < -0.4 is 0 Å². The van der Waals surface area contributed by atoms with Crippen molar-refractivity contribution in [3.63, 3.8) is 0 Å². The summed E-state index contributed by atoms with van der Waals surface area (Å²) in [5, 5.41) is 12.2. The number of aromatic nitrogens is 1. The molecule has 2 rings (SSSR count). The summed E-state index contributed by atoms with van der Waals surface area (Å²) < 4.78 is 0. The Morgan fingerprint density at radius 2 is 1.89 bits per heavy atom. The largest absolute Gasteiger partial charge is 0.301 e. The van der Waals surface area contributed by atoms with Crippen LogP contribution in [0.1, 0.15) is 0 Å². The number of nitro groups is 1. The molecule has 0 aliphatic rings. The lowest BCUT2D eigenvalue weighted by molar-refractivity contribution is -0.388. The average Bonchev–Trinajstić information content (AvgIpc) is 2.33. The Labute approximate surface area is 127 Å². The molecule has 98 valence electrons. The van der Waals surface area contributed by atoms with Gasteiger partial charge in [0.05, 0.1) is 9.95 Å². The first kappa shape index (κ1) is 14.4. The molecule has 0 aliphatic heterocycles. The summed E-state index contributed by atoms with van der Waals surface area (Å²) >= 11 is 18.7. The van der Waals surface area contributed by atoms with E-state index in [2.05, 4.69) is 4.98 Å². The molecular formula is C11H5Cl3N2O2S. The second kappa shape index (κ2) is 5.96. The van der Waals surface area contributed by atoms with Gasteiger partial charge in [0.2, 0.25) is 0 Å². The smallest absolute Gasteiger partial charge is 0.258 e. The molecule has 0 spiro atoms. The first-order valence-electron chi connectivity index (χ1n) is 4.91. The lowest BCUT2D eigenvalue weighted by atomic mass is 10.4. The van der Waals surface area contributed by atoms with E-state index in [1.165, 1.54) is 12.1 Å². The maximum absolute atomic E-state index is 10.9. The van der Waals surface area contributed by atoms with Crippen molar-refractivity contribution < 1.29 is 4.92 Å². The third-order valence-electron chi connectivity index (χ3n) is 2.10. The van der Waals surface area contributed by atoms with Crippen LogP contribution in [0.3, 0.4) is 0 Å². The van der Waals surface area contributed by atoms with E-state index < -0.39 is 4.92 Å².